The van der Waals surface area contributed by atoms with E-state index in [2.05, 4.69) is 36.8 Å². The number of hydrogen-bond donors (Lipinski definition) is 1. The van der Waals surface area contributed by atoms with Gasteiger partial charge in [-0.3, -0.25) is 9.52 Å². The normalized spacial score (nSPS) is 12.5. The minimum Gasteiger partial charge on any atom is -0.486 e. The Bertz CT molecular complexity index is 1120. The summed E-state index contributed by atoms with van der Waals surface area (Å²) in [5, 5.41) is 0. The molecule has 2 aromatic carbocycles. The SMILES string of the molecule is CCC(CC)(c1ccc(NS(=O)(=O)CCCl)c(C)c1)c1ccc(OCC(=O)C(C)(C)C)c(C)c1. The first kappa shape index (κ1) is 28.2. The van der Waals surface area contributed by atoms with Crippen molar-refractivity contribution in [2.75, 3.05) is 23.0 Å². The number of hydrogen-bond acceptors (Lipinski definition) is 4. The molecular formula is C27H38ClNO4S. The monoisotopic (exact) mass is 507 g/mol. The van der Waals surface area contributed by atoms with Crippen LogP contribution in [0.4, 0.5) is 5.69 Å². The molecule has 0 saturated heterocycles. The molecule has 34 heavy (non-hydrogen) atoms. The van der Waals surface area contributed by atoms with Crippen LogP contribution in [0.2, 0.25) is 0 Å². The molecule has 0 bridgehead atoms. The number of rotatable bonds is 11. The van der Waals surface area contributed by atoms with Gasteiger partial charge < -0.3 is 4.74 Å². The lowest BCUT2D eigenvalue weighted by Gasteiger charge is -2.34. The maximum atomic E-state index is 12.3. The van der Waals surface area contributed by atoms with Crippen LogP contribution in [0.1, 0.15) is 69.7 Å². The highest BCUT2D eigenvalue weighted by molar-refractivity contribution is 7.92. The van der Waals surface area contributed by atoms with Crippen LogP contribution in [-0.4, -0.2) is 32.4 Å². The Morgan fingerprint density at radius 1 is 0.971 bits per heavy atom. The van der Waals surface area contributed by atoms with Crippen molar-refractivity contribution in [2.24, 2.45) is 5.41 Å². The summed E-state index contributed by atoms with van der Waals surface area (Å²) in [7, 11) is -3.47. The average Bonchev–Trinajstić information content (AvgIpc) is 2.75. The number of anilines is 1. The lowest BCUT2D eigenvalue weighted by atomic mass is 9.70. The number of Topliss-reactive ketones (excluding diaryl/α,β-unsaturated/α-hetero) is 1. The Hall–Kier alpha value is -2.05. The van der Waals surface area contributed by atoms with Crippen LogP contribution in [0, 0.1) is 19.3 Å². The first-order valence-electron chi connectivity index (χ1n) is 11.7. The number of nitrogens with one attached hydrogen (secondary N) is 1. The molecule has 0 heterocycles. The first-order valence-corrected chi connectivity index (χ1v) is 13.9. The van der Waals surface area contributed by atoms with E-state index in [1.807, 2.05) is 52.8 Å². The number of sulfonamides is 1. The Balaban J connectivity index is 2.38. The zero-order valence-corrected chi connectivity index (χ0v) is 23.0. The van der Waals surface area contributed by atoms with Crippen molar-refractivity contribution in [3.8, 4) is 5.75 Å². The standard InChI is InChI=1S/C27H38ClNO4S/c1-8-27(9-2,21-10-12-23(19(3)16-21)29-34(31,32)15-14-28)22-11-13-24(20(4)17-22)33-18-25(30)26(5,6)7/h10-13,16-17,29H,8-9,14-15,18H2,1-7H3. The molecule has 2 rings (SSSR count). The van der Waals surface area contributed by atoms with Crippen molar-refractivity contribution in [2.45, 2.75) is 66.7 Å². The van der Waals surface area contributed by atoms with Gasteiger partial charge in [-0.15, -0.1) is 11.6 Å². The van der Waals surface area contributed by atoms with Crippen molar-refractivity contribution in [3.05, 3.63) is 58.7 Å². The maximum Gasteiger partial charge on any atom is 0.233 e. The van der Waals surface area contributed by atoms with E-state index in [0.717, 1.165) is 29.5 Å². The summed E-state index contributed by atoms with van der Waals surface area (Å²) < 4.78 is 32.8. The molecule has 0 amide bonds. The molecule has 0 aromatic heterocycles. The lowest BCUT2D eigenvalue weighted by molar-refractivity contribution is -0.128. The van der Waals surface area contributed by atoms with Gasteiger partial charge in [0.15, 0.2) is 5.78 Å². The Labute approximate surface area is 210 Å². The fourth-order valence-corrected chi connectivity index (χ4v) is 5.58. The van der Waals surface area contributed by atoms with Crippen molar-refractivity contribution in [3.63, 3.8) is 0 Å². The van der Waals surface area contributed by atoms with Gasteiger partial charge in [0.2, 0.25) is 10.0 Å². The van der Waals surface area contributed by atoms with Crippen LogP contribution in [0.5, 0.6) is 5.75 Å². The van der Waals surface area contributed by atoms with Crippen molar-refractivity contribution >= 4 is 33.1 Å². The molecule has 0 aliphatic heterocycles. The molecule has 7 heteroatoms. The number of ether oxygens (including phenoxy) is 1. The first-order chi connectivity index (χ1) is 15.8. The van der Waals surface area contributed by atoms with Crippen LogP contribution in [0.25, 0.3) is 0 Å². The van der Waals surface area contributed by atoms with Gasteiger partial charge in [-0.25, -0.2) is 8.42 Å². The highest BCUT2D eigenvalue weighted by Crippen LogP contribution is 2.41. The largest absolute Gasteiger partial charge is 0.486 e. The van der Waals surface area contributed by atoms with Gasteiger partial charge in [-0.2, -0.15) is 0 Å². The van der Waals surface area contributed by atoms with Crippen molar-refractivity contribution in [1.82, 2.24) is 0 Å². The molecule has 0 spiro atoms. The highest BCUT2D eigenvalue weighted by Gasteiger charge is 2.32. The van der Waals surface area contributed by atoms with E-state index in [1.165, 1.54) is 5.56 Å². The van der Waals surface area contributed by atoms with E-state index >= 15 is 0 Å². The minimum absolute atomic E-state index is 0.0463. The Kier molecular flexibility index (Phi) is 9.23. The van der Waals surface area contributed by atoms with Crippen LogP contribution in [-0.2, 0) is 20.2 Å². The van der Waals surface area contributed by atoms with Crippen LogP contribution in [0.15, 0.2) is 36.4 Å². The predicted molar refractivity (Wildman–Crippen MR) is 142 cm³/mol. The molecule has 0 unspecified atom stereocenters. The summed E-state index contributed by atoms with van der Waals surface area (Å²) in [6.45, 7) is 14.0. The number of alkyl halides is 1. The van der Waals surface area contributed by atoms with E-state index in [-0.39, 0.29) is 29.4 Å². The zero-order valence-electron chi connectivity index (χ0n) is 21.4. The highest BCUT2D eigenvalue weighted by atomic mass is 35.5. The van der Waals surface area contributed by atoms with Crippen LogP contribution >= 0.6 is 11.6 Å². The quantitative estimate of drug-likeness (QED) is 0.358. The second kappa shape index (κ2) is 11.1. The third-order valence-corrected chi connectivity index (χ3v) is 8.21. The summed E-state index contributed by atoms with van der Waals surface area (Å²) in [4.78, 5) is 12.3. The molecule has 188 valence electrons. The molecule has 0 atom stereocenters. The fraction of sp³-hybridized carbons (Fsp3) is 0.519. The van der Waals surface area contributed by atoms with Gasteiger partial charge in [-0.1, -0.05) is 58.9 Å². The Morgan fingerprint density at radius 2 is 1.53 bits per heavy atom. The van der Waals surface area contributed by atoms with E-state index in [0.29, 0.717) is 11.4 Å². The minimum atomic E-state index is -3.47. The smallest absolute Gasteiger partial charge is 0.233 e. The molecule has 0 radical (unpaired) electrons. The molecule has 2 aromatic rings. The molecule has 0 aliphatic rings. The second-order valence-electron chi connectivity index (χ2n) is 9.87. The molecule has 0 aliphatic carbocycles. The van der Waals surface area contributed by atoms with E-state index in [9.17, 15) is 13.2 Å². The summed E-state index contributed by atoms with van der Waals surface area (Å²) in [5.74, 6) is 0.691. The molecular weight excluding hydrogens is 470 g/mol. The van der Waals surface area contributed by atoms with E-state index in [4.69, 9.17) is 16.3 Å². The average molecular weight is 508 g/mol. The Morgan fingerprint density at radius 3 is 2.00 bits per heavy atom. The zero-order chi connectivity index (χ0) is 25.7. The number of ketones is 1. The molecule has 1 N–H and O–H groups in total. The number of benzene rings is 2. The summed E-state index contributed by atoms with van der Waals surface area (Å²) in [6, 6.07) is 12.0. The molecule has 0 saturated carbocycles. The number of aryl methyl sites for hydroxylation is 2. The third-order valence-electron chi connectivity index (χ3n) is 6.52. The topological polar surface area (TPSA) is 72.5 Å². The number of carbonyl (C=O) groups excluding carboxylic acids is 1. The second-order valence-corrected chi connectivity index (χ2v) is 12.1. The molecule has 0 fully saturated rings. The molecule has 5 nitrogen and oxygen atoms in total. The fourth-order valence-electron chi connectivity index (χ4n) is 4.10. The number of halogens is 1. The summed E-state index contributed by atoms with van der Waals surface area (Å²) in [6.07, 6.45) is 1.75. The van der Waals surface area contributed by atoms with Crippen LogP contribution < -0.4 is 9.46 Å². The van der Waals surface area contributed by atoms with Crippen LogP contribution in [0.3, 0.4) is 0 Å². The van der Waals surface area contributed by atoms with E-state index in [1.54, 1.807) is 0 Å². The predicted octanol–water partition coefficient (Wildman–Crippen LogP) is 6.38. The summed E-state index contributed by atoms with van der Waals surface area (Å²) >= 11 is 5.62. The van der Waals surface area contributed by atoms with Crippen molar-refractivity contribution in [1.29, 1.82) is 0 Å². The van der Waals surface area contributed by atoms with Gasteiger partial charge in [0.25, 0.3) is 0 Å². The summed E-state index contributed by atoms with van der Waals surface area (Å²) in [5.41, 5.74) is 4.04. The maximum absolute atomic E-state index is 12.3. The number of carbonyl (C=O) groups is 1. The van der Waals surface area contributed by atoms with E-state index < -0.39 is 15.4 Å². The van der Waals surface area contributed by atoms with Gasteiger partial charge in [-0.05, 0) is 61.1 Å². The van der Waals surface area contributed by atoms with Gasteiger partial charge in [0.05, 0.1) is 11.4 Å². The lowest BCUT2D eigenvalue weighted by Crippen LogP contribution is -2.27. The third kappa shape index (κ3) is 6.54. The van der Waals surface area contributed by atoms with Gasteiger partial charge in [0, 0.05) is 16.7 Å². The van der Waals surface area contributed by atoms with Crippen molar-refractivity contribution < 1.29 is 17.9 Å². The van der Waals surface area contributed by atoms with Gasteiger partial charge >= 0.3 is 0 Å². The van der Waals surface area contributed by atoms with Gasteiger partial charge in [0.1, 0.15) is 12.4 Å².